The quantitative estimate of drug-likeness (QED) is 0.347. The number of aliphatic hydroxyl groups is 1. The summed E-state index contributed by atoms with van der Waals surface area (Å²) in [4.78, 5) is 19.4. The number of likely N-dealkylation sites (tertiary alicyclic amines) is 2. The van der Waals surface area contributed by atoms with Crippen molar-refractivity contribution in [3.63, 3.8) is 0 Å². The summed E-state index contributed by atoms with van der Waals surface area (Å²) in [7, 11) is -3.53. The van der Waals surface area contributed by atoms with Gasteiger partial charge in [-0.25, -0.2) is 8.42 Å². The maximum atomic E-state index is 14.1. The van der Waals surface area contributed by atoms with Crippen LogP contribution in [0.5, 0.6) is 0 Å². The first-order chi connectivity index (χ1) is 23.9. The average molecular weight is 743 g/mol. The minimum absolute atomic E-state index is 0.0310. The van der Waals surface area contributed by atoms with E-state index in [-0.39, 0.29) is 36.4 Å². The summed E-state index contributed by atoms with van der Waals surface area (Å²) in [5.41, 5.74) is 1.68. The van der Waals surface area contributed by atoms with E-state index in [9.17, 15) is 31.5 Å². The Kier molecular flexibility index (Phi) is 12.2. The molecule has 4 aliphatic rings. The van der Waals surface area contributed by atoms with Crippen molar-refractivity contribution in [2.45, 2.75) is 68.8 Å². The van der Waals surface area contributed by atoms with Gasteiger partial charge in [0.25, 0.3) is 0 Å². The number of benzene rings is 1. The summed E-state index contributed by atoms with van der Waals surface area (Å²) in [6, 6.07) is 4.06. The molecule has 1 unspecified atom stereocenters. The number of carbonyl (C=O) groups excluding carboxylic acids is 1. The Morgan fingerprint density at radius 1 is 1.02 bits per heavy atom. The van der Waals surface area contributed by atoms with Crippen molar-refractivity contribution in [2.24, 2.45) is 5.92 Å². The highest BCUT2D eigenvalue weighted by Gasteiger charge is 2.36. The van der Waals surface area contributed by atoms with Crippen molar-refractivity contribution in [3.8, 4) is 11.3 Å². The summed E-state index contributed by atoms with van der Waals surface area (Å²) < 4.78 is 76.0. The highest BCUT2D eigenvalue weighted by Crippen LogP contribution is 2.40. The van der Waals surface area contributed by atoms with Gasteiger partial charge in [0.2, 0.25) is 15.9 Å². The van der Waals surface area contributed by atoms with E-state index < -0.39 is 27.9 Å². The molecule has 278 valence electrons. The van der Waals surface area contributed by atoms with E-state index in [0.717, 1.165) is 56.8 Å². The van der Waals surface area contributed by atoms with Crippen molar-refractivity contribution in [2.75, 3.05) is 84.1 Å². The minimum Gasteiger partial charge on any atom is -0.390 e. The van der Waals surface area contributed by atoms with E-state index in [1.165, 1.54) is 34.6 Å². The number of alkyl halides is 3. The van der Waals surface area contributed by atoms with Crippen LogP contribution < -0.4 is 0 Å². The first-order valence-electron chi connectivity index (χ1n) is 17.7. The van der Waals surface area contributed by atoms with Crippen LogP contribution in [0, 0.1) is 5.92 Å². The van der Waals surface area contributed by atoms with E-state index >= 15 is 0 Å². The Morgan fingerprint density at radius 3 is 2.42 bits per heavy atom. The number of nitrogens with zero attached hydrogens (tertiary/aromatic N) is 6. The molecule has 6 rings (SSSR count). The number of fused-ring (bicyclic) bond motifs is 1. The number of morpholine rings is 1. The number of amides is 1. The van der Waals surface area contributed by atoms with Crippen LogP contribution in [-0.4, -0.2) is 138 Å². The number of halogens is 3. The number of thioether (sulfide) groups is 1. The molecular formula is C34H49F3N6O5S2. The molecule has 1 N–H and O–H groups in total. The molecule has 11 nitrogen and oxygen atoms in total. The summed E-state index contributed by atoms with van der Waals surface area (Å²) in [6.45, 7) is 7.26. The van der Waals surface area contributed by atoms with Gasteiger partial charge in [-0.3, -0.25) is 9.48 Å². The van der Waals surface area contributed by atoms with Crippen LogP contribution >= 0.6 is 11.8 Å². The zero-order valence-electron chi connectivity index (χ0n) is 28.7. The molecule has 16 heteroatoms. The number of aliphatic hydroxyl groups excluding tert-OH is 1. The molecule has 0 spiro atoms. The van der Waals surface area contributed by atoms with Gasteiger partial charge in [-0.2, -0.15) is 22.6 Å². The number of β-amino-alcohol motifs (C(OH)–C–C–N with tert-alkyl or cyclic N) is 1. The van der Waals surface area contributed by atoms with Gasteiger partial charge < -0.3 is 24.5 Å². The Labute approximate surface area is 297 Å². The number of aromatic nitrogens is 2. The molecule has 0 saturated carbocycles. The third-order valence-electron chi connectivity index (χ3n) is 10.4. The van der Waals surface area contributed by atoms with Crippen LogP contribution in [0.15, 0.2) is 23.1 Å². The lowest BCUT2D eigenvalue weighted by atomic mass is 9.95. The fourth-order valence-electron chi connectivity index (χ4n) is 7.58. The standard InChI is InChI=1S/C34H49F3N6O5S2/c1-50(46,47)42-14-9-30-28(24-42)32(26-5-6-29(34(35,36)37)31(21-26)49-20-17-39-10-3-2-4-11-39)38-43(30)23-27(44)22-40-12-7-25(8-13-40)33(45)41-15-18-48-19-16-41/h5-6,21,25,27,44H,2-4,7-20,22-24H2,1H3. The Morgan fingerprint density at radius 2 is 1.74 bits per heavy atom. The fraction of sp³-hybridized carbons (Fsp3) is 0.706. The van der Waals surface area contributed by atoms with Crippen LogP contribution in [-0.2, 0) is 45.2 Å². The average Bonchev–Trinajstić information content (AvgIpc) is 3.45. The molecule has 50 heavy (non-hydrogen) atoms. The van der Waals surface area contributed by atoms with Gasteiger partial charge in [-0.15, -0.1) is 11.8 Å². The third-order valence-corrected chi connectivity index (χ3v) is 12.6. The molecule has 3 fully saturated rings. The lowest BCUT2D eigenvalue weighted by molar-refractivity contribution is -0.141. The van der Waals surface area contributed by atoms with Gasteiger partial charge in [0.15, 0.2) is 0 Å². The lowest BCUT2D eigenvalue weighted by Crippen LogP contribution is -2.47. The summed E-state index contributed by atoms with van der Waals surface area (Å²) in [5.74, 6) is 0.668. The van der Waals surface area contributed by atoms with Crippen molar-refractivity contribution < 1.29 is 36.2 Å². The second kappa shape index (κ2) is 16.2. The van der Waals surface area contributed by atoms with E-state index in [1.807, 2.05) is 4.90 Å². The molecule has 0 aliphatic carbocycles. The Balaban J connectivity index is 1.18. The molecule has 1 amide bonds. The largest absolute Gasteiger partial charge is 0.417 e. The minimum atomic E-state index is -4.52. The fourth-order valence-corrected chi connectivity index (χ4v) is 9.49. The second-order valence-corrected chi connectivity index (χ2v) is 17.0. The topological polar surface area (TPSA) is 111 Å². The third kappa shape index (κ3) is 9.22. The first kappa shape index (κ1) is 37.5. The lowest BCUT2D eigenvalue weighted by Gasteiger charge is -2.36. The van der Waals surface area contributed by atoms with Crippen LogP contribution in [0.3, 0.4) is 0 Å². The number of piperidine rings is 2. The van der Waals surface area contributed by atoms with E-state index in [4.69, 9.17) is 9.84 Å². The Bertz CT molecular complexity index is 1590. The van der Waals surface area contributed by atoms with Crippen molar-refractivity contribution >= 4 is 27.7 Å². The van der Waals surface area contributed by atoms with E-state index in [0.29, 0.717) is 81.5 Å². The normalized spacial score (nSPS) is 21.3. The van der Waals surface area contributed by atoms with Crippen molar-refractivity contribution in [1.29, 1.82) is 0 Å². The summed E-state index contributed by atoms with van der Waals surface area (Å²) in [6.07, 6.45) is 1.05. The highest BCUT2D eigenvalue weighted by atomic mass is 32.2. The molecule has 2 aromatic rings. The van der Waals surface area contributed by atoms with Gasteiger partial charge in [-0.05, 0) is 64.0 Å². The second-order valence-electron chi connectivity index (χ2n) is 13.9. The number of rotatable bonds is 11. The number of hydrogen-bond donors (Lipinski definition) is 1. The van der Waals surface area contributed by atoms with E-state index in [1.54, 1.807) is 4.68 Å². The van der Waals surface area contributed by atoms with Gasteiger partial charge in [-0.1, -0.05) is 12.5 Å². The molecule has 0 bridgehead atoms. The van der Waals surface area contributed by atoms with Crippen LogP contribution in [0.25, 0.3) is 11.3 Å². The zero-order valence-corrected chi connectivity index (χ0v) is 30.4. The van der Waals surface area contributed by atoms with Gasteiger partial charge in [0, 0.05) is 79.1 Å². The molecule has 4 aliphatic heterocycles. The zero-order chi connectivity index (χ0) is 35.5. The maximum Gasteiger partial charge on any atom is 0.417 e. The van der Waals surface area contributed by atoms with Gasteiger partial charge in [0.1, 0.15) is 0 Å². The van der Waals surface area contributed by atoms with Crippen molar-refractivity contribution in [1.82, 2.24) is 28.8 Å². The molecular weight excluding hydrogens is 694 g/mol. The summed E-state index contributed by atoms with van der Waals surface area (Å²) in [5, 5.41) is 16.1. The summed E-state index contributed by atoms with van der Waals surface area (Å²) >= 11 is 1.19. The Hall–Kier alpha value is -2.21. The number of sulfonamides is 1. The van der Waals surface area contributed by atoms with Crippen molar-refractivity contribution in [3.05, 3.63) is 35.0 Å². The SMILES string of the molecule is CS(=O)(=O)N1CCc2c(c(-c3ccc(C(F)(F)F)c(SCCN4CCCCC4)c3)nn2CC(O)CN2CCC(C(=O)N3CCOCC3)CC2)C1. The van der Waals surface area contributed by atoms with Gasteiger partial charge >= 0.3 is 6.18 Å². The molecule has 5 heterocycles. The predicted molar refractivity (Wildman–Crippen MR) is 185 cm³/mol. The molecule has 0 radical (unpaired) electrons. The molecule has 3 saturated heterocycles. The van der Waals surface area contributed by atoms with Crippen LogP contribution in [0.2, 0.25) is 0 Å². The molecule has 1 atom stereocenters. The monoisotopic (exact) mass is 742 g/mol. The molecule has 1 aromatic heterocycles. The van der Waals surface area contributed by atoms with Crippen LogP contribution in [0.4, 0.5) is 13.2 Å². The van der Waals surface area contributed by atoms with E-state index in [2.05, 4.69) is 9.80 Å². The predicted octanol–water partition coefficient (Wildman–Crippen LogP) is 3.40. The smallest absolute Gasteiger partial charge is 0.390 e. The first-order valence-corrected chi connectivity index (χ1v) is 20.6. The molecule has 1 aromatic carbocycles. The number of carbonyl (C=O) groups is 1. The number of hydrogen-bond acceptors (Lipinski definition) is 9. The van der Waals surface area contributed by atoms with Gasteiger partial charge in [0.05, 0.1) is 43.4 Å². The van der Waals surface area contributed by atoms with Crippen LogP contribution in [0.1, 0.15) is 48.9 Å². The number of ether oxygens (including phenoxy) is 1. The highest BCUT2D eigenvalue weighted by molar-refractivity contribution is 7.99. The maximum absolute atomic E-state index is 14.1.